The molecule has 23 heavy (non-hydrogen) atoms. The summed E-state index contributed by atoms with van der Waals surface area (Å²) in [7, 11) is -3.43. The Labute approximate surface area is 136 Å². The Kier molecular flexibility index (Phi) is 4.64. The van der Waals surface area contributed by atoms with Gasteiger partial charge in [0.1, 0.15) is 0 Å². The Morgan fingerprint density at radius 3 is 2.35 bits per heavy atom. The van der Waals surface area contributed by atoms with Gasteiger partial charge in [0, 0.05) is 19.1 Å². The number of rotatable bonds is 5. The summed E-state index contributed by atoms with van der Waals surface area (Å²) in [5.74, 6) is -2.18. The van der Waals surface area contributed by atoms with Gasteiger partial charge in [0.15, 0.2) is 0 Å². The van der Waals surface area contributed by atoms with Crippen molar-refractivity contribution >= 4 is 21.9 Å². The summed E-state index contributed by atoms with van der Waals surface area (Å²) < 4.78 is 27.8. The number of carbonyl (C=O) groups excluding carboxylic acids is 1. The van der Waals surface area contributed by atoms with Gasteiger partial charge in [0.25, 0.3) is 0 Å². The average Bonchev–Trinajstić information content (AvgIpc) is 3.18. The van der Waals surface area contributed by atoms with E-state index in [-0.39, 0.29) is 18.5 Å². The average molecular weight is 344 g/mol. The van der Waals surface area contributed by atoms with Crippen LogP contribution < -0.4 is 4.72 Å². The van der Waals surface area contributed by atoms with Crippen molar-refractivity contribution in [1.29, 1.82) is 0 Å². The van der Waals surface area contributed by atoms with Gasteiger partial charge in [-0.15, -0.1) is 0 Å². The van der Waals surface area contributed by atoms with Crippen LogP contribution in [0.15, 0.2) is 0 Å². The second-order valence-electron chi connectivity index (χ2n) is 6.98. The van der Waals surface area contributed by atoms with Crippen molar-refractivity contribution in [3.05, 3.63) is 0 Å². The van der Waals surface area contributed by atoms with E-state index < -0.39 is 33.1 Å². The molecule has 0 unspecified atom stereocenters. The first-order chi connectivity index (χ1) is 10.9. The summed E-state index contributed by atoms with van der Waals surface area (Å²) in [5, 5.41) is 8.35. The van der Waals surface area contributed by atoms with Crippen LogP contribution in [0.5, 0.6) is 0 Å². The molecule has 0 bridgehead atoms. The third kappa shape index (κ3) is 3.68. The zero-order valence-electron chi connectivity index (χ0n) is 13.1. The molecule has 1 heterocycles. The molecule has 0 aromatic carbocycles. The second-order valence-corrected chi connectivity index (χ2v) is 8.97. The van der Waals surface area contributed by atoms with E-state index >= 15 is 0 Å². The third-order valence-corrected chi connectivity index (χ3v) is 7.16. The predicted octanol–water partition coefficient (Wildman–Crippen LogP) is 0.560. The van der Waals surface area contributed by atoms with Gasteiger partial charge in [-0.2, -0.15) is 0 Å². The summed E-state index contributed by atoms with van der Waals surface area (Å²) in [6, 6.07) is 0.0332. The number of carboxylic acid groups (broad SMARTS) is 1. The molecular weight excluding hydrogens is 320 g/mol. The minimum absolute atomic E-state index is 0.0332. The highest BCUT2D eigenvalue weighted by Crippen LogP contribution is 2.40. The summed E-state index contributed by atoms with van der Waals surface area (Å²) in [6.45, 7) is 0.709. The largest absolute Gasteiger partial charge is 0.481 e. The van der Waals surface area contributed by atoms with E-state index in [1.807, 2.05) is 0 Å². The Morgan fingerprint density at radius 1 is 1.04 bits per heavy atom. The van der Waals surface area contributed by atoms with Crippen LogP contribution in [0.25, 0.3) is 0 Å². The van der Waals surface area contributed by atoms with E-state index in [2.05, 4.69) is 4.72 Å². The number of amides is 1. The van der Waals surface area contributed by atoms with Gasteiger partial charge in [-0.1, -0.05) is 12.8 Å². The lowest BCUT2D eigenvalue weighted by Gasteiger charge is -2.33. The van der Waals surface area contributed by atoms with E-state index in [1.54, 1.807) is 4.90 Å². The molecule has 0 radical (unpaired) electrons. The number of carboxylic acids is 1. The van der Waals surface area contributed by atoms with Gasteiger partial charge in [-0.05, 0) is 32.1 Å². The molecule has 3 atom stereocenters. The Bertz CT molecular complexity index is 585. The summed E-state index contributed by atoms with van der Waals surface area (Å²) in [4.78, 5) is 24.8. The first-order valence-corrected chi connectivity index (χ1v) is 9.96. The van der Waals surface area contributed by atoms with Crippen molar-refractivity contribution in [2.75, 3.05) is 13.1 Å². The zero-order valence-corrected chi connectivity index (χ0v) is 13.9. The lowest BCUT2D eigenvalue weighted by Crippen LogP contribution is -2.50. The molecule has 0 aromatic rings. The monoisotopic (exact) mass is 344 g/mol. The topological polar surface area (TPSA) is 104 Å². The summed E-state index contributed by atoms with van der Waals surface area (Å²) >= 11 is 0. The molecule has 0 aromatic heterocycles. The molecule has 1 amide bonds. The lowest BCUT2D eigenvalue weighted by molar-refractivity contribution is -0.142. The summed E-state index contributed by atoms with van der Waals surface area (Å²) in [5.41, 5.74) is 0. The smallest absolute Gasteiger partial charge is 0.307 e. The van der Waals surface area contributed by atoms with Crippen LogP contribution in [0.4, 0.5) is 0 Å². The molecule has 8 heteroatoms. The number of hydrogen-bond donors (Lipinski definition) is 2. The maximum atomic E-state index is 12.5. The highest BCUT2D eigenvalue weighted by molar-refractivity contribution is 7.90. The first-order valence-electron chi connectivity index (χ1n) is 8.41. The molecule has 1 aliphatic heterocycles. The number of hydrogen-bond acceptors (Lipinski definition) is 4. The zero-order chi connectivity index (χ0) is 16.6. The van der Waals surface area contributed by atoms with Crippen LogP contribution >= 0.6 is 0 Å². The van der Waals surface area contributed by atoms with Crippen molar-refractivity contribution < 1.29 is 23.1 Å². The van der Waals surface area contributed by atoms with Crippen molar-refractivity contribution in [3.8, 4) is 0 Å². The maximum absolute atomic E-state index is 12.5. The number of aliphatic carboxylic acids is 1. The third-order valence-electron chi connectivity index (χ3n) is 5.24. The highest BCUT2D eigenvalue weighted by atomic mass is 32.2. The van der Waals surface area contributed by atoms with Crippen molar-refractivity contribution in [1.82, 2.24) is 9.62 Å². The fourth-order valence-electron chi connectivity index (χ4n) is 3.74. The molecule has 0 spiro atoms. The Balaban J connectivity index is 1.59. The number of sulfonamides is 1. The minimum atomic E-state index is -3.43. The van der Waals surface area contributed by atoms with Gasteiger partial charge < -0.3 is 10.0 Å². The van der Waals surface area contributed by atoms with E-state index in [0.717, 1.165) is 25.7 Å². The first kappa shape index (κ1) is 16.7. The van der Waals surface area contributed by atoms with Crippen LogP contribution in [0.1, 0.15) is 44.9 Å². The quantitative estimate of drug-likeness (QED) is 0.758. The highest BCUT2D eigenvalue weighted by Gasteiger charge is 2.50. The molecular formula is C15H24N2O5S. The van der Waals surface area contributed by atoms with E-state index in [9.17, 15) is 18.0 Å². The number of piperidine rings is 1. The number of nitrogens with one attached hydrogen (secondary N) is 1. The minimum Gasteiger partial charge on any atom is -0.481 e. The standard InChI is InChI=1S/C15H24N2O5S/c18-14(12-8-13(12)15(19)20)17-7-3-6-11(9-17)23(21,22)16-10-4-1-2-5-10/h10-13,16H,1-9H2,(H,19,20)/t11-,12-,13+/m0/s1. The van der Waals surface area contributed by atoms with Crippen LogP contribution in [0.2, 0.25) is 0 Å². The number of likely N-dealkylation sites (tertiary alicyclic amines) is 1. The van der Waals surface area contributed by atoms with Gasteiger partial charge in [0.2, 0.25) is 15.9 Å². The number of nitrogens with zero attached hydrogens (tertiary/aromatic N) is 1. The molecule has 2 saturated carbocycles. The van der Waals surface area contributed by atoms with Crippen LogP contribution in [0, 0.1) is 11.8 Å². The second kappa shape index (κ2) is 6.39. The predicted molar refractivity (Wildman–Crippen MR) is 83.1 cm³/mol. The van der Waals surface area contributed by atoms with Gasteiger partial charge >= 0.3 is 5.97 Å². The van der Waals surface area contributed by atoms with Crippen molar-refractivity contribution in [2.24, 2.45) is 11.8 Å². The molecule has 1 saturated heterocycles. The molecule has 7 nitrogen and oxygen atoms in total. The maximum Gasteiger partial charge on any atom is 0.307 e. The van der Waals surface area contributed by atoms with Crippen LogP contribution in [-0.2, 0) is 19.6 Å². The van der Waals surface area contributed by atoms with Gasteiger partial charge in [-0.3, -0.25) is 9.59 Å². The van der Waals surface area contributed by atoms with Gasteiger partial charge in [-0.25, -0.2) is 13.1 Å². The number of carbonyl (C=O) groups is 2. The SMILES string of the molecule is O=C(O)[C@@H]1C[C@@H]1C(=O)N1CCC[C@H](S(=O)(=O)NC2CCCC2)C1. The fourth-order valence-corrected chi connectivity index (χ4v) is 5.49. The molecule has 3 rings (SSSR count). The lowest BCUT2D eigenvalue weighted by atomic mass is 10.1. The molecule has 3 fully saturated rings. The van der Waals surface area contributed by atoms with Crippen LogP contribution in [-0.4, -0.2) is 54.7 Å². The van der Waals surface area contributed by atoms with Crippen molar-refractivity contribution in [3.63, 3.8) is 0 Å². The molecule has 3 aliphatic rings. The molecule has 2 N–H and O–H groups in total. The van der Waals surface area contributed by atoms with Crippen molar-refractivity contribution in [2.45, 2.75) is 56.2 Å². The Morgan fingerprint density at radius 2 is 1.74 bits per heavy atom. The molecule has 130 valence electrons. The summed E-state index contributed by atoms with van der Waals surface area (Å²) in [6.07, 6.45) is 5.46. The Hall–Kier alpha value is -1.15. The fraction of sp³-hybridized carbons (Fsp3) is 0.867. The van der Waals surface area contributed by atoms with E-state index in [1.165, 1.54) is 0 Å². The normalized spacial score (nSPS) is 32.0. The van der Waals surface area contributed by atoms with Gasteiger partial charge in [0.05, 0.1) is 17.1 Å². The van der Waals surface area contributed by atoms with Crippen LogP contribution in [0.3, 0.4) is 0 Å². The molecule has 2 aliphatic carbocycles. The van der Waals surface area contributed by atoms with E-state index in [0.29, 0.717) is 25.8 Å². The van der Waals surface area contributed by atoms with E-state index in [4.69, 9.17) is 5.11 Å².